The van der Waals surface area contributed by atoms with Gasteiger partial charge < -0.3 is 26.4 Å². The molecular weight excluding hydrogens is 332 g/mol. The number of hydrogen-bond acceptors (Lipinski definition) is 5. The third kappa shape index (κ3) is 7.10. The molecule has 0 spiro atoms. The Morgan fingerprint density at radius 3 is 2.58 bits per heavy atom. The summed E-state index contributed by atoms with van der Waals surface area (Å²) in [6.07, 6.45) is 5.85. The van der Waals surface area contributed by atoms with Crippen LogP contribution in [0, 0.1) is 0 Å². The molecule has 2 amide bonds. The van der Waals surface area contributed by atoms with Crippen LogP contribution in [0.2, 0.25) is 0 Å². The highest BCUT2D eigenvalue weighted by molar-refractivity contribution is 6.14. The maximum Gasteiger partial charge on any atom is 0.319 e. The molecule has 0 aromatic heterocycles. The van der Waals surface area contributed by atoms with Gasteiger partial charge in [0.2, 0.25) is 0 Å². The Morgan fingerprint density at radius 2 is 2.04 bits per heavy atom. The van der Waals surface area contributed by atoms with Crippen molar-refractivity contribution >= 4 is 18.1 Å². The first-order valence-corrected chi connectivity index (χ1v) is 8.52. The number of urea groups is 1. The van der Waals surface area contributed by atoms with Crippen LogP contribution >= 0.6 is 0 Å². The van der Waals surface area contributed by atoms with E-state index in [1.54, 1.807) is 39.6 Å². The molecule has 5 N–H and O–H groups in total. The van der Waals surface area contributed by atoms with Crippen LogP contribution in [0.4, 0.5) is 4.79 Å². The number of aliphatic imine (C=N–C) groups is 2. The normalized spacial score (nSPS) is 20.2. The van der Waals surface area contributed by atoms with E-state index in [1.807, 2.05) is 13.8 Å². The van der Waals surface area contributed by atoms with Crippen LogP contribution in [0.5, 0.6) is 0 Å². The smallest absolute Gasteiger partial charge is 0.319 e. The largest absolute Gasteiger partial charge is 0.402 e. The summed E-state index contributed by atoms with van der Waals surface area (Å²) in [5, 5.41) is 8.59. The van der Waals surface area contributed by atoms with Crippen molar-refractivity contribution in [3.05, 3.63) is 34.8 Å². The third-order valence-corrected chi connectivity index (χ3v) is 3.78. The Balaban J connectivity index is 2.97. The molecule has 8 heteroatoms. The van der Waals surface area contributed by atoms with E-state index in [0.29, 0.717) is 30.3 Å². The van der Waals surface area contributed by atoms with E-state index in [0.717, 1.165) is 17.6 Å². The van der Waals surface area contributed by atoms with Crippen LogP contribution in [0.3, 0.4) is 0 Å². The van der Waals surface area contributed by atoms with Gasteiger partial charge in [-0.1, -0.05) is 0 Å². The van der Waals surface area contributed by atoms with Crippen molar-refractivity contribution < 1.29 is 9.53 Å². The first-order chi connectivity index (χ1) is 12.4. The topological polar surface area (TPSA) is 113 Å². The number of ether oxygens (including phenoxy) is 1. The molecule has 1 rings (SSSR count). The summed E-state index contributed by atoms with van der Waals surface area (Å²) < 4.78 is 5.26. The SMILES string of the molecule is C/N=C(C(/C=C(\C)N)=C/N=C/NC)\C(C)=C(/C)NC(=O)N[C@@H]1CCOC1. The Kier molecular flexibility index (Phi) is 9.14. The molecule has 0 radical (unpaired) electrons. The van der Waals surface area contributed by atoms with Crippen molar-refractivity contribution in [1.82, 2.24) is 16.0 Å². The molecule has 0 bridgehead atoms. The third-order valence-electron chi connectivity index (χ3n) is 3.78. The minimum atomic E-state index is -0.253. The fraction of sp³-hybridized carbons (Fsp3) is 0.500. The Labute approximate surface area is 155 Å². The highest BCUT2D eigenvalue weighted by atomic mass is 16.5. The van der Waals surface area contributed by atoms with Gasteiger partial charge in [-0.05, 0) is 38.8 Å². The van der Waals surface area contributed by atoms with E-state index in [4.69, 9.17) is 10.5 Å². The number of amides is 2. The summed E-state index contributed by atoms with van der Waals surface area (Å²) in [5.74, 6) is 0. The van der Waals surface area contributed by atoms with Gasteiger partial charge in [-0.15, -0.1) is 0 Å². The molecule has 144 valence electrons. The molecule has 1 aliphatic heterocycles. The minimum absolute atomic E-state index is 0.0524. The lowest BCUT2D eigenvalue weighted by molar-refractivity contribution is 0.188. The lowest BCUT2D eigenvalue weighted by Gasteiger charge is -2.15. The quantitative estimate of drug-likeness (QED) is 0.312. The second kappa shape index (κ2) is 11.1. The summed E-state index contributed by atoms with van der Waals surface area (Å²) in [6, 6.07) is -0.200. The van der Waals surface area contributed by atoms with Gasteiger partial charge in [-0.3, -0.25) is 4.99 Å². The van der Waals surface area contributed by atoms with Crippen LogP contribution < -0.4 is 21.7 Å². The lowest BCUT2D eigenvalue weighted by Crippen LogP contribution is -2.42. The number of nitrogens with zero attached hydrogens (tertiary/aromatic N) is 2. The summed E-state index contributed by atoms with van der Waals surface area (Å²) in [4.78, 5) is 20.7. The fourth-order valence-electron chi connectivity index (χ4n) is 2.43. The zero-order valence-electron chi connectivity index (χ0n) is 16.2. The van der Waals surface area contributed by atoms with Crippen molar-refractivity contribution in [1.29, 1.82) is 0 Å². The monoisotopic (exact) mass is 362 g/mol. The highest BCUT2D eigenvalue weighted by Crippen LogP contribution is 2.14. The van der Waals surface area contributed by atoms with Crippen molar-refractivity contribution in [2.45, 2.75) is 33.2 Å². The molecule has 0 unspecified atom stereocenters. The first kappa shape index (κ1) is 21.4. The second-order valence-electron chi connectivity index (χ2n) is 6.02. The number of hydrogen-bond donors (Lipinski definition) is 4. The van der Waals surface area contributed by atoms with E-state index in [-0.39, 0.29) is 12.1 Å². The lowest BCUT2D eigenvalue weighted by atomic mass is 10.0. The predicted molar refractivity (Wildman–Crippen MR) is 106 cm³/mol. The summed E-state index contributed by atoms with van der Waals surface area (Å²) in [6.45, 7) is 6.75. The predicted octanol–water partition coefficient (Wildman–Crippen LogP) is 1.43. The highest BCUT2D eigenvalue weighted by Gasteiger charge is 2.18. The van der Waals surface area contributed by atoms with Crippen LogP contribution in [0.15, 0.2) is 44.8 Å². The van der Waals surface area contributed by atoms with Crippen molar-refractivity contribution in [3.63, 3.8) is 0 Å². The zero-order chi connectivity index (χ0) is 19.5. The average molecular weight is 362 g/mol. The molecule has 1 fully saturated rings. The summed E-state index contributed by atoms with van der Waals surface area (Å²) >= 11 is 0. The number of rotatable bonds is 7. The average Bonchev–Trinajstić information content (AvgIpc) is 3.07. The molecule has 0 aromatic rings. The van der Waals surface area contributed by atoms with E-state index in [9.17, 15) is 4.79 Å². The molecule has 0 aliphatic carbocycles. The van der Waals surface area contributed by atoms with Crippen LogP contribution in [-0.2, 0) is 4.74 Å². The van der Waals surface area contributed by atoms with Crippen LogP contribution in [0.25, 0.3) is 0 Å². The molecule has 0 saturated carbocycles. The molecule has 8 nitrogen and oxygen atoms in total. The fourth-order valence-corrected chi connectivity index (χ4v) is 2.43. The molecule has 1 heterocycles. The van der Waals surface area contributed by atoms with Crippen molar-refractivity contribution in [2.75, 3.05) is 27.3 Å². The van der Waals surface area contributed by atoms with E-state index in [1.165, 1.54) is 0 Å². The van der Waals surface area contributed by atoms with Gasteiger partial charge in [0.15, 0.2) is 0 Å². The van der Waals surface area contributed by atoms with Crippen molar-refractivity contribution in [3.8, 4) is 0 Å². The van der Waals surface area contributed by atoms with Gasteiger partial charge in [0.05, 0.1) is 24.7 Å². The number of nitrogens with one attached hydrogen (secondary N) is 3. The minimum Gasteiger partial charge on any atom is -0.402 e. The molecule has 1 saturated heterocycles. The standard InChI is InChI=1S/C18H30N6O2/c1-12(19)8-15(9-22-11-20-4)17(21-5)13(2)14(3)23-18(25)24-16-6-7-26-10-16/h8-9,11,16H,6-7,10,19H2,1-5H3,(H,20,22)(H2,23,24,25)/b12-8+,14-13+,15-9+,21-17+/t16-/m1/s1. The van der Waals surface area contributed by atoms with Crippen molar-refractivity contribution in [2.24, 2.45) is 15.7 Å². The second-order valence-corrected chi connectivity index (χ2v) is 6.02. The molecule has 1 atom stereocenters. The van der Waals surface area contributed by atoms with Gasteiger partial charge in [0, 0.05) is 43.9 Å². The number of nitrogens with two attached hydrogens (primary N) is 1. The number of carbonyl (C=O) groups is 1. The maximum atomic E-state index is 12.2. The van der Waals surface area contributed by atoms with Gasteiger partial charge in [0.25, 0.3) is 0 Å². The van der Waals surface area contributed by atoms with E-state index < -0.39 is 0 Å². The Morgan fingerprint density at radius 1 is 1.31 bits per heavy atom. The van der Waals surface area contributed by atoms with Gasteiger partial charge in [-0.25, -0.2) is 9.79 Å². The number of allylic oxidation sites excluding steroid dienone is 5. The molecule has 26 heavy (non-hydrogen) atoms. The summed E-state index contributed by atoms with van der Waals surface area (Å²) in [5.41, 5.74) is 9.44. The summed E-state index contributed by atoms with van der Waals surface area (Å²) in [7, 11) is 3.46. The zero-order valence-corrected chi connectivity index (χ0v) is 16.2. The van der Waals surface area contributed by atoms with Crippen LogP contribution in [0.1, 0.15) is 27.2 Å². The van der Waals surface area contributed by atoms with E-state index >= 15 is 0 Å². The molecular formula is C18H30N6O2. The maximum absolute atomic E-state index is 12.2. The Bertz CT molecular complexity index is 636. The first-order valence-electron chi connectivity index (χ1n) is 8.52. The Hall–Kier alpha value is -2.61. The van der Waals surface area contributed by atoms with Gasteiger partial charge in [-0.2, -0.15) is 0 Å². The van der Waals surface area contributed by atoms with Gasteiger partial charge in [0.1, 0.15) is 0 Å². The number of carbonyl (C=O) groups excluding carboxylic acids is 1. The van der Waals surface area contributed by atoms with Gasteiger partial charge >= 0.3 is 6.03 Å². The molecule has 1 aliphatic rings. The molecule has 0 aromatic carbocycles. The van der Waals surface area contributed by atoms with E-state index in [2.05, 4.69) is 25.9 Å². The van der Waals surface area contributed by atoms with Crippen LogP contribution in [-0.4, -0.2) is 51.4 Å².